The summed E-state index contributed by atoms with van der Waals surface area (Å²) in [4.78, 5) is 11.8. The SMILES string of the molecule is O=C(NCc1ccccc1)c1ccc(F)c(Cl)c1. The van der Waals surface area contributed by atoms with Crippen LogP contribution >= 0.6 is 11.6 Å². The molecule has 18 heavy (non-hydrogen) atoms. The number of carbonyl (C=O) groups is 1. The summed E-state index contributed by atoms with van der Waals surface area (Å²) in [6, 6.07) is 13.4. The maximum Gasteiger partial charge on any atom is 0.251 e. The van der Waals surface area contributed by atoms with Gasteiger partial charge in [-0.3, -0.25) is 4.79 Å². The number of amides is 1. The van der Waals surface area contributed by atoms with Crippen molar-refractivity contribution in [1.82, 2.24) is 5.32 Å². The zero-order chi connectivity index (χ0) is 13.0. The van der Waals surface area contributed by atoms with Crippen molar-refractivity contribution in [1.29, 1.82) is 0 Å². The predicted octanol–water partition coefficient (Wildman–Crippen LogP) is 3.41. The van der Waals surface area contributed by atoms with Gasteiger partial charge in [-0.25, -0.2) is 4.39 Å². The molecule has 4 heteroatoms. The third kappa shape index (κ3) is 3.08. The van der Waals surface area contributed by atoms with E-state index >= 15 is 0 Å². The number of hydrogen-bond donors (Lipinski definition) is 1. The number of rotatable bonds is 3. The van der Waals surface area contributed by atoms with Crippen LogP contribution in [0.3, 0.4) is 0 Å². The Morgan fingerprint density at radius 3 is 2.56 bits per heavy atom. The van der Waals surface area contributed by atoms with E-state index in [1.54, 1.807) is 0 Å². The van der Waals surface area contributed by atoms with Crippen molar-refractivity contribution >= 4 is 17.5 Å². The van der Waals surface area contributed by atoms with Gasteiger partial charge in [-0.05, 0) is 23.8 Å². The van der Waals surface area contributed by atoms with E-state index in [4.69, 9.17) is 11.6 Å². The molecule has 0 fully saturated rings. The molecule has 1 N–H and O–H groups in total. The average Bonchev–Trinajstić information content (AvgIpc) is 2.40. The van der Waals surface area contributed by atoms with Crippen LogP contribution < -0.4 is 5.32 Å². The van der Waals surface area contributed by atoms with Crippen LogP contribution in [0.4, 0.5) is 4.39 Å². The van der Waals surface area contributed by atoms with Gasteiger partial charge in [0.2, 0.25) is 0 Å². The molecule has 0 aliphatic rings. The summed E-state index contributed by atoms with van der Waals surface area (Å²) in [6.45, 7) is 0.425. The van der Waals surface area contributed by atoms with Gasteiger partial charge in [0.1, 0.15) is 5.82 Å². The molecule has 0 heterocycles. The lowest BCUT2D eigenvalue weighted by molar-refractivity contribution is 0.0951. The van der Waals surface area contributed by atoms with Crippen LogP contribution in [-0.4, -0.2) is 5.91 Å². The van der Waals surface area contributed by atoms with Crippen LogP contribution in [0.15, 0.2) is 48.5 Å². The van der Waals surface area contributed by atoms with E-state index in [1.807, 2.05) is 30.3 Å². The number of hydrogen-bond acceptors (Lipinski definition) is 1. The maximum absolute atomic E-state index is 12.9. The number of halogens is 2. The Hall–Kier alpha value is -1.87. The minimum atomic E-state index is -0.531. The monoisotopic (exact) mass is 263 g/mol. The highest BCUT2D eigenvalue weighted by molar-refractivity contribution is 6.31. The van der Waals surface area contributed by atoms with Crippen molar-refractivity contribution in [2.75, 3.05) is 0 Å². The highest BCUT2D eigenvalue weighted by Gasteiger charge is 2.08. The fourth-order valence-electron chi connectivity index (χ4n) is 1.52. The average molecular weight is 264 g/mol. The molecule has 0 atom stereocenters. The second kappa shape index (κ2) is 5.65. The summed E-state index contributed by atoms with van der Waals surface area (Å²) in [6.07, 6.45) is 0. The standard InChI is InChI=1S/C14H11ClFNO/c15-12-8-11(6-7-13(12)16)14(18)17-9-10-4-2-1-3-5-10/h1-8H,9H2,(H,17,18). The summed E-state index contributed by atoms with van der Waals surface area (Å²) in [7, 11) is 0. The van der Waals surface area contributed by atoms with Gasteiger partial charge in [-0.2, -0.15) is 0 Å². The third-order valence-electron chi connectivity index (χ3n) is 2.48. The van der Waals surface area contributed by atoms with E-state index in [1.165, 1.54) is 18.2 Å². The molecule has 0 saturated heterocycles. The zero-order valence-corrected chi connectivity index (χ0v) is 10.2. The van der Waals surface area contributed by atoms with Gasteiger partial charge in [0.25, 0.3) is 5.91 Å². The summed E-state index contributed by atoms with van der Waals surface area (Å²) in [5.41, 5.74) is 1.34. The topological polar surface area (TPSA) is 29.1 Å². The first-order chi connectivity index (χ1) is 8.66. The Morgan fingerprint density at radius 2 is 1.89 bits per heavy atom. The largest absolute Gasteiger partial charge is 0.348 e. The second-order valence-corrected chi connectivity index (χ2v) is 4.20. The van der Waals surface area contributed by atoms with Crippen LogP contribution in [0.1, 0.15) is 15.9 Å². The Bertz CT molecular complexity index is 557. The molecule has 92 valence electrons. The van der Waals surface area contributed by atoms with E-state index in [9.17, 15) is 9.18 Å². The van der Waals surface area contributed by atoms with Crippen LogP contribution in [0.2, 0.25) is 5.02 Å². The molecule has 0 aliphatic carbocycles. The summed E-state index contributed by atoms with van der Waals surface area (Å²) in [5, 5.41) is 2.69. The van der Waals surface area contributed by atoms with E-state index in [2.05, 4.69) is 5.32 Å². The third-order valence-corrected chi connectivity index (χ3v) is 2.77. The first kappa shape index (κ1) is 12.6. The lowest BCUT2D eigenvalue weighted by Gasteiger charge is -2.05. The normalized spacial score (nSPS) is 10.1. The van der Waals surface area contributed by atoms with Crippen molar-refractivity contribution < 1.29 is 9.18 Å². The first-order valence-corrected chi connectivity index (χ1v) is 5.82. The number of nitrogens with one attached hydrogen (secondary N) is 1. The van der Waals surface area contributed by atoms with Crippen LogP contribution in [-0.2, 0) is 6.54 Å². The van der Waals surface area contributed by atoms with Gasteiger partial charge in [0.05, 0.1) is 5.02 Å². The molecule has 1 amide bonds. The van der Waals surface area contributed by atoms with E-state index in [-0.39, 0.29) is 10.9 Å². The lowest BCUT2D eigenvalue weighted by Crippen LogP contribution is -2.22. The molecule has 2 rings (SSSR count). The molecule has 0 aliphatic heterocycles. The molecule has 0 aromatic heterocycles. The van der Waals surface area contributed by atoms with Gasteiger partial charge in [0.15, 0.2) is 0 Å². The fraction of sp³-hybridized carbons (Fsp3) is 0.0714. The fourth-order valence-corrected chi connectivity index (χ4v) is 1.70. The molecular formula is C14H11ClFNO. The van der Waals surface area contributed by atoms with E-state index < -0.39 is 5.82 Å². The first-order valence-electron chi connectivity index (χ1n) is 5.44. The molecule has 2 nitrogen and oxygen atoms in total. The molecule has 2 aromatic carbocycles. The minimum Gasteiger partial charge on any atom is -0.348 e. The molecule has 0 unspecified atom stereocenters. The van der Waals surface area contributed by atoms with Crippen molar-refractivity contribution in [3.63, 3.8) is 0 Å². The molecule has 0 radical (unpaired) electrons. The molecule has 0 saturated carbocycles. The van der Waals surface area contributed by atoms with Gasteiger partial charge in [0, 0.05) is 12.1 Å². The number of carbonyl (C=O) groups excluding carboxylic acids is 1. The Morgan fingerprint density at radius 1 is 1.17 bits per heavy atom. The lowest BCUT2D eigenvalue weighted by atomic mass is 10.2. The quantitative estimate of drug-likeness (QED) is 0.903. The summed E-state index contributed by atoms with van der Waals surface area (Å²) < 4.78 is 12.9. The Labute approximate surface area is 109 Å². The van der Waals surface area contributed by atoms with Crippen LogP contribution in [0, 0.1) is 5.82 Å². The van der Waals surface area contributed by atoms with Gasteiger partial charge in [-0.1, -0.05) is 41.9 Å². The maximum atomic E-state index is 12.9. The Balaban J connectivity index is 2.02. The Kier molecular flexibility index (Phi) is 3.95. The van der Waals surface area contributed by atoms with E-state index in [0.29, 0.717) is 12.1 Å². The van der Waals surface area contributed by atoms with Crippen molar-refractivity contribution in [2.45, 2.75) is 6.54 Å². The van der Waals surface area contributed by atoms with Gasteiger partial charge in [-0.15, -0.1) is 0 Å². The molecular weight excluding hydrogens is 253 g/mol. The number of benzene rings is 2. The van der Waals surface area contributed by atoms with E-state index in [0.717, 1.165) is 5.56 Å². The molecule has 2 aromatic rings. The zero-order valence-electron chi connectivity index (χ0n) is 9.49. The second-order valence-electron chi connectivity index (χ2n) is 3.80. The predicted molar refractivity (Wildman–Crippen MR) is 69.0 cm³/mol. The van der Waals surface area contributed by atoms with Crippen LogP contribution in [0.5, 0.6) is 0 Å². The molecule has 0 bridgehead atoms. The van der Waals surface area contributed by atoms with Crippen molar-refractivity contribution in [3.05, 3.63) is 70.5 Å². The summed E-state index contributed by atoms with van der Waals surface area (Å²) >= 11 is 5.62. The highest BCUT2D eigenvalue weighted by Crippen LogP contribution is 2.15. The molecule has 0 spiro atoms. The van der Waals surface area contributed by atoms with Crippen molar-refractivity contribution in [3.8, 4) is 0 Å². The summed E-state index contributed by atoms with van der Waals surface area (Å²) in [5.74, 6) is -0.808. The smallest absolute Gasteiger partial charge is 0.251 e. The van der Waals surface area contributed by atoms with Gasteiger partial charge < -0.3 is 5.32 Å². The minimum absolute atomic E-state index is 0.0534. The van der Waals surface area contributed by atoms with Crippen molar-refractivity contribution in [2.24, 2.45) is 0 Å². The highest BCUT2D eigenvalue weighted by atomic mass is 35.5. The van der Waals surface area contributed by atoms with Gasteiger partial charge >= 0.3 is 0 Å². The van der Waals surface area contributed by atoms with Crippen LogP contribution in [0.25, 0.3) is 0 Å².